The van der Waals surface area contributed by atoms with Crippen LogP contribution in [-0.4, -0.2) is 41.9 Å². The molecule has 1 heterocycles. The summed E-state index contributed by atoms with van der Waals surface area (Å²) in [5.74, 6) is -2.91. The number of amides is 3. The van der Waals surface area contributed by atoms with E-state index in [2.05, 4.69) is 5.32 Å². The first-order chi connectivity index (χ1) is 17.1. The van der Waals surface area contributed by atoms with Crippen LogP contribution in [0.4, 0.5) is 18.9 Å². The summed E-state index contributed by atoms with van der Waals surface area (Å²) in [5, 5.41) is 2.29. The first kappa shape index (κ1) is 24.5. The van der Waals surface area contributed by atoms with Gasteiger partial charge in [0.15, 0.2) is 13.3 Å². The van der Waals surface area contributed by atoms with Gasteiger partial charge >= 0.3 is 12.1 Å². The molecule has 11 heteroatoms. The SMILES string of the molecule is O=C(COc1ccccc1C(=O)OCN1C(=O)c2ccccc2C1=O)Nc1cccc(C(F)(F)F)c1. The molecule has 3 aromatic rings. The molecule has 184 valence electrons. The maximum atomic E-state index is 12.8. The van der Waals surface area contributed by atoms with Crippen molar-refractivity contribution in [2.45, 2.75) is 6.18 Å². The molecule has 0 spiro atoms. The van der Waals surface area contributed by atoms with Gasteiger partial charge in [0, 0.05) is 5.69 Å². The smallest absolute Gasteiger partial charge is 0.416 e. The van der Waals surface area contributed by atoms with Crippen LogP contribution in [0.25, 0.3) is 0 Å². The van der Waals surface area contributed by atoms with Crippen LogP contribution in [0.5, 0.6) is 5.75 Å². The second kappa shape index (κ2) is 9.90. The largest absolute Gasteiger partial charge is 0.483 e. The summed E-state index contributed by atoms with van der Waals surface area (Å²) in [7, 11) is 0. The van der Waals surface area contributed by atoms with Gasteiger partial charge in [-0.05, 0) is 42.5 Å². The Morgan fingerprint density at radius 1 is 0.861 bits per heavy atom. The number of nitrogens with one attached hydrogen (secondary N) is 1. The fourth-order valence-corrected chi connectivity index (χ4v) is 3.43. The molecule has 36 heavy (non-hydrogen) atoms. The highest BCUT2D eigenvalue weighted by Crippen LogP contribution is 2.30. The minimum atomic E-state index is -4.57. The fraction of sp³-hybridized carbons (Fsp3) is 0.120. The quantitative estimate of drug-likeness (QED) is 0.388. The van der Waals surface area contributed by atoms with E-state index in [1.807, 2.05) is 0 Å². The van der Waals surface area contributed by atoms with Crippen molar-refractivity contribution in [1.29, 1.82) is 0 Å². The third-order valence-corrected chi connectivity index (χ3v) is 5.14. The van der Waals surface area contributed by atoms with Crippen molar-refractivity contribution >= 4 is 29.4 Å². The highest BCUT2D eigenvalue weighted by Gasteiger charge is 2.36. The number of carbonyl (C=O) groups excluding carboxylic acids is 4. The summed E-state index contributed by atoms with van der Waals surface area (Å²) in [6.07, 6.45) is -4.57. The van der Waals surface area contributed by atoms with Crippen LogP contribution in [0, 0.1) is 0 Å². The Bertz CT molecular complexity index is 1320. The van der Waals surface area contributed by atoms with Crippen LogP contribution >= 0.6 is 0 Å². The molecule has 1 aliphatic rings. The average molecular weight is 498 g/mol. The predicted molar refractivity (Wildman–Crippen MR) is 119 cm³/mol. The molecule has 8 nitrogen and oxygen atoms in total. The molecule has 3 amide bonds. The van der Waals surface area contributed by atoms with Crippen LogP contribution in [-0.2, 0) is 15.7 Å². The normalized spacial score (nSPS) is 12.8. The molecule has 0 aliphatic carbocycles. The zero-order chi connectivity index (χ0) is 25.9. The summed E-state index contributed by atoms with van der Waals surface area (Å²) in [6, 6.07) is 16.1. The molecule has 0 saturated heterocycles. The number of carbonyl (C=O) groups is 4. The van der Waals surface area contributed by atoms with E-state index in [1.54, 1.807) is 12.1 Å². The minimum absolute atomic E-state index is 0.0379. The molecule has 1 aliphatic heterocycles. The number of benzene rings is 3. The van der Waals surface area contributed by atoms with E-state index < -0.39 is 48.8 Å². The number of rotatable bonds is 7. The Kier molecular flexibility index (Phi) is 6.73. The van der Waals surface area contributed by atoms with E-state index in [0.29, 0.717) is 0 Å². The molecule has 0 aromatic heterocycles. The Balaban J connectivity index is 1.36. The van der Waals surface area contributed by atoms with Crippen molar-refractivity contribution in [3.63, 3.8) is 0 Å². The van der Waals surface area contributed by atoms with Gasteiger partial charge in [-0.3, -0.25) is 14.4 Å². The molecular weight excluding hydrogens is 481 g/mol. The predicted octanol–water partition coefficient (Wildman–Crippen LogP) is 4.13. The summed E-state index contributed by atoms with van der Waals surface area (Å²) in [5.41, 5.74) is -0.677. The van der Waals surface area contributed by atoms with E-state index in [-0.39, 0.29) is 28.1 Å². The first-order valence-electron chi connectivity index (χ1n) is 10.5. The molecule has 0 bridgehead atoms. The highest BCUT2D eigenvalue weighted by atomic mass is 19.4. The Morgan fingerprint density at radius 3 is 2.17 bits per heavy atom. The number of hydrogen-bond acceptors (Lipinski definition) is 6. The van der Waals surface area contributed by atoms with Crippen LogP contribution in [0.1, 0.15) is 36.6 Å². The summed E-state index contributed by atoms with van der Waals surface area (Å²) in [6.45, 7) is -1.24. The Labute approximate surface area is 202 Å². The standard InChI is InChI=1S/C25H17F3N2O6/c26-25(27,28)15-6-5-7-16(12-15)29-21(31)13-35-20-11-4-3-10-19(20)24(34)36-14-30-22(32)17-8-1-2-9-18(17)23(30)33/h1-12H,13-14H2,(H,29,31). The van der Waals surface area contributed by atoms with E-state index in [4.69, 9.17) is 9.47 Å². The summed E-state index contributed by atoms with van der Waals surface area (Å²) < 4.78 is 49.0. The van der Waals surface area contributed by atoms with Crippen LogP contribution in [0.15, 0.2) is 72.8 Å². The monoisotopic (exact) mass is 498 g/mol. The van der Waals surface area contributed by atoms with Gasteiger partial charge < -0.3 is 14.8 Å². The van der Waals surface area contributed by atoms with Crippen molar-refractivity contribution in [3.8, 4) is 5.75 Å². The first-order valence-corrected chi connectivity index (χ1v) is 10.5. The molecule has 4 rings (SSSR count). The van der Waals surface area contributed by atoms with Gasteiger partial charge in [0.1, 0.15) is 11.3 Å². The average Bonchev–Trinajstić information content (AvgIpc) is 3.10. The number of imide groups is 1. The number of para-hydroxylation sites is 1. The molecule has 0 fully saturated rings. The molecule has 0 radical (unpaired) electrons. The Morgan fingerprint density at radius 2 is 1.50 bits per heavy atom. The van der Waals surface area contributed by atoms with Crippen molar-refractivity contribution in [1.82, 2.24) is 4.90 Å². The zero-order valence-corrected chi connectivity index (χ0v) is 18.4. The third-order valence-electron chi connectivity index (χ3n) is 5.14. The summed E-state index contributed by atoms with van der Waals surface area (Å²) in [4.78, 5) is 50.4. The minimum Gasteiger partial charge on any atom is -0.483 e. The lowest BCUT2D eigenvalue weighted by atomic mass is 10.1. The van der Waals surface area contributed by atoms with Crippen LogP contribution in [0.3, 0.4) is 0 Å². The molecule has 0 unspecified atom stereocenters. The van der Waals surface area contributed by atoms with Crippen molar-refractivity contribution in [3.05, 3.63) is 95.1 Å². The van der Waals surface area contributed by atoms with Gasteiger partial charge in [0.2, 0.25) is 0 Å². The maximum absolute atomic E-state index is 12.8. The second-order valence-corrected chi connectivity index (χ2v) is 7.56. The lowest BCUT2D eigenvalue weighted by Gasteiger charge is -2.15. The van der Waals surface area contributed by atoms with Gasteiger partial charge in [0.05, 0.1) is 16.7 Å². The van der Waals surface area contributed by atoms with E-state index >= 15 is 0 Å². The topological polar surface area (TPSA) is 102 Å². The molecule has 0 saturated carbocycles. The van der Waals surface area contributed by atoms with Crippen molar-refractivity contribution in [2.24, 2.45) is 0 Å². The highest BCUT2D eigenvalue weighted by molar-refractivity contribution is 6.21. The lowest BCUT2D eigenvalue weighted by Crippen LogP contribution is -2.33. The molecular formula is C25H17F3N2O6. The molecule has 3 aromatic carbocycles. The van der Waals surface area contributed by atoms with E-state index in [1.165, 1.54) is 42.5 Å². The fourth-order valence-electron chi connectivity index (χ4n) is 3.43. The van der Waals surface area contributed by atoms with Crippen molar-refractivity contribution in [2.75, 3.05) is 18.7 Å². The summed E-state index contributed by atoms with van der Waals surface area (Å²) >= 11 is 0. The number of anilines is 1. The number of hydrogen-bond donors (Lipinski definition) is 1. The van der Waals surface area contributed by atoms with Gasteiger partial charge in [-0.1, -0.05) is 30.3 Å². The number of fused-ring (bicyclic) bond motifs is 1. The van der Waals surface area contributed by atoms with Crippen molar-refractivity contribution < 1.29 is 41.8 Å². The number of halogens is 3. The van der Waals surface area contributed by atoms with Gasteiger partial charge in [-0.15, -0.1) is 0 Å². The van der Waals surface area contributed by atoms with Gasteiger partial charge in [-0.25, -0.2) is 9.69 Å². The van der Waals surface area contributed by atoms with Gasteiger partial charge in [0.25, 0.3) is 17.7 Å². The second-order valence-electron chi connectivity index (χ2n) is 7.56. The Hall–Kier alpha value is -4.67. The maximum Gasteiger partial charge on any atom is 0.416 e. The number of esters is 1. The van der Waals surface area contributed by atoms with Gasteiger partial charge in [-0.2, -0.15) is 13.2 Å². The molecule has 0 atom stereocenters. The number of nitrogens with zero attached hydrogens (tertiary/aromatic N) is 1. The number of ether oxygens (including phenoxy) is 2. The van der Waals surface area contributed by atoms with E-state index in [9.17, 15) is 32.3 Å². The number of alkyl halides is 3. The third kappa shape index (κ3) is 5.19. The van der Waals surface area contributed by atoms with Crippen LogP contribution < -0.4 is 10.1 Å². The molecule has 1 N–H and O–H groups in total. The van der Waals surface area contributed by atoms with E-state index in [0.717, 1.165) is 23.1 Å². The lowest BCUT2D eigenvalue weighted by molar-refractivity contribution is -0.137. The van der Waals surface area contributed by atoms with Crippen LogP contribution in [0.2, 0.25) is 0 Å². The zero-order valence-electron chi connectivity index (χ0n) is 18.4.